The summed E-state index contributed by atoms with van der Waals surface area (Å²) < 4.78 is 21.1. The number of ether oxygens (including phenoxy) is 4. The second kappa shape index (κ2) is 8.58. The van der Waals surface area contributed by atoms with Gasteiger partial charge in [-0.1, -0.05) is 17.7 Å². The Bertz CT molecular complexity index is 856. The van der Waals surface area contributed by atoms with Crippen molar-refractivity contribution in [3.05, 3.63) is 52.6 Å². The normalized spacial score (nSPS) is 11.5. The Labute approximate surface area is 159 Å². The molecule has 0 saturated carbocycles. The summed E-state index contributed by atoms with van der Waals surface area (Å²) in [4.78, 5) is 25.3. The van der Waals surface area contributed by atoms with Gasteiger partial charge in [0.15, 0.2) is 17.6 Å². The first kappa shape index (κ1) is 20.3. The monoisotopic (exact) mass is 372 g/mol. The highest BCUT2D eigenvalue weighted by molar-refractivity contribution is 6.03. The van der Waals surface area contributed by atoms with E-state index in [1.165, 1.54) is 33.5 Å². The number of esters is 1. The topological polar surface area (TPSA) is 71.1 Å². The molecule has 2 aromatic carbocycles. The lowest BCUT2D eigenvalue weighted by atomic mass is 9.99. The predicted molar refractivity (Wildman–Crippen MR) is 101 cm³/mol. The average molecular weight is 372 g/mol. The second-order valence-corrected chi connectivity index (χ2v) is 6.14. The van der Waals surface area contributed by atoms with Gasteiger partial charge in [-0.25, -0.2) is 4.79 Å². The van der Waals surface area contributed by atoms with Crippen LogP contribution in [0.25, 0.3) is 0 Å². The van der Waals surface area contributed by atoms with Gasteiger partial charge in [0.1, 0.15) is 11.3 Å². The summed E-state index contributed by atoms with van der Waals surface area (Å²) in [5, 5.41) is 0. The molecule has 0 amide bonds. The van der Waals surface area contributed by atoms with E-state index in [2.05, 4.69) is 0 Å². The van der Waals surface area contributed by atoms with E-state index in [0.29, 0.717) is 17.1 Å². The lowest BCUT2D eigenvalue weighted by Gasteiger charge is -2.17. The van der Waals surface area contributed by atoms with Crippen molar-refractivity contribution in [1.82, 2.24) is 0 Å². The SMILES string of the molecule is COc1cc(OC)c(C(=O)O[C@@H](C)C(=O)c2cc(C)ccc2C)cc1OC. The zero-order valence-corrected chi connectivity index (χ0v) is 16.4. The summed E-state index contributed by atoms with van der Waals surface area (Å²) in [6.45, 7) is 5.30. The first-order valence-corrected chi connectivity index (χ1v) is 8.44. The van der Waals surface area contributed by atoms with Crippen LogP contribution in [0.1, 0.15) is 38.8 Å². The van der Waals surface area contributed by atoms with Gasteiger partial charge in [0.25, 0.3) is 0 Å². The number of carbonyl (C=O) groups is 2. The van der Waals surface area contributed by atoms with Crippen molar-refractivity contribution in [3.8, 4) is 17.2 Å². The highest BCUT2D eigenvalue weighted by atomic mass is 16.5. The molecule has 0 heterocycles. The van der Waals surface area contributed by atoms with E-state index in [-0.39, 0.29) is 17.1 Å². The molecule has 6 heteroatoms. The molecule has 0 aliphatic heterocycles. The van der Waals surface area contributed by atoms with Gasteiger partial charge in [-0.2, -0.15) is 0 Å². The number of hydrogen-bond donors (Lipinski definition) is 0. The van der Waals surface area contributed by atoms with Crippen LogP contribution in [0.3, 0.4) is 0 Å². The zero-order chi connectivity index (χ0) is 20.1. The van der Waals surface area contributed by atoms with Crippen molar-refractivity contribution in [2.24, 2.45) is 0 Å². The number of carbonyl (C=O) groups excluding carboxylic acids is 2. The van der Waals surface area contributed by atoms with Crippen molar-refractivity contribution < 1.29 is 28.5 Å². The summed E-state index contributed by atoms with van der Waals surface area (Å²) in [5.74, 6) is 0.108. The Kier molecular flexibility index (Phi) is 6.45. The maximum atomic E-state index is 12.7. The minimum atomic E-state index is -0.948. The number of benzene rings is 2. The molecule has 0 radical (unpaired) electrons. The number of aryl methyl sites for hydroxylation is 2. The summed E-state index contributed by atoms with van der Waals surface area (Å²) in [6, 6.07) is 8.59. The Morgan fingerprint density at radius 2 is 1.41 bits per heavy atom. The number of rotatable bonds is 7. The van der Waals surface area contributed by atoms with Crippen LogP contribution in [0.5, 0.6) is 17.2 Å². The largest absolute Gasteiger partial charge is 0.496 e. The molecule has 1 atom stereocenters. The molecule has 0 aliphatic rings. The molecule has 0 saturated heterocycles. The van der Waals surface area contributed by atoms with Gasteiger partial charge in [0.05, 0.1) is 21.3 Å². The third-order valence-electron chi connectivity index (χ3n) is 4.24. The van der Waals surface area contributed by atoms with Crippen LogP contribution in [0, 0.1) is 13.8 Å². The van der Waals surface area contributed by atoms with E-state index in [0.717, 1.165) is 11.1 Å². The van der Waals surface area contributed by atoms with E-state index in [9.17, 15) is 9.59 Å². The lowest BCUT2D eigenvalue weighted by molar-refractivity contribution is 0.0315. The van der Waals surface area contributed by atoms with E-state index < -0.39 is 12.1 Å². The molecule has 0 spiro atoms. The van der Waals surface area contributed by atoms with Crippen LogP contribution in [-0.2, 0) is 4.74 Å². The number of methoxy groups -OCH3 is 3. The Morgan fingerprint density at radius 3 is 2.00 bits per heavy atom. The lowest BCUT2D eigenvalue weighted by Crippen LogP contribution is -2.25. The Morgan fingerprint density at radius 1 is 0.815 bits per heavy atom. The van der Waals surface area contributed by atoms with Crippen LogP contribution in [-0.4, -0.2) is 39.2 Å². The van der Waals surface area contributed by atoms with Gasteiger partial charge in [-0.3, -0.25) is 4.79 Å². The summed E-state index contributed by atoms with van der Waals surface area (Å²) in [7, 11) is 4.38. The van der Waals surface area contributed by atoms with Gasteiger partial charge < -0.3 is 18.9 Å². The van der Waals surface area contributed by atoms with E-state index >= 15 is 0 Å². The molecule has 0 aliphatic carbocycles. The van der Waals surface area contributed by atoms with Gasteiger partial charge in [0, 0.05) is 17.7 Å². The highest BCUT2D eigenvalue weighted by Gasteiger charge is 2.25. The third-order valence-corrected chi connectivity index (χ3v) is 4.24. The summed E-state index contributed by atoms with van der Waals surface area (Å²) in [5.41, 5.74) is 2.48. The Balaban J connectivity index is 2.28. The van der Waals surface area contributed by atoms with E-state index in [4.69, 9.17) is 18.9 Å². The number of Topliss-reactive ketones (excluding diaryl/α,β-unsaturated/α-hetero) is 1. The molecule has 27 heavy (non-hydrogen) atoms. The molecule has 6 nitrogen and oxygen atoms in total. The van der Waals surface area contributed by atoms with Gasteiger partial charge in [-0.05, 0) is 32.4 Å². The van der Waals surface area contributed by atoms with E-state index in [1.807, 2.05) is 26.0 Å². The molecular weight excluding hydrogens is 348 g/mol. The third kappa shape index (κ3) is 4.39. The van der Waals surface area contributed by atoms with Gasteiger partial charge in [0.2, 0.25) is 5.78 Å². The van der Waals surface area contributed by atoms with Crippen molar-refractivity contribution in [2.45, 2.75) is 26.9 Å². The minimum absolute atomic E-state index is 0.149. The van der Waals surface area contributed by atoms with Crippen molar-refractivity contribution in [2.75, 3.05) is 21.3 Å². The standard InChI is InChI=1S/C21H24O6/c1-12-7-8-13(2)15(9-12)20(22)14(3)27-21(23)16-10-18(25-5)19(26-6)11-17(16)24-4/h7-11,14H,1-6H3/t14-/m0/s1. The fourth-order valence-corrected chi connectivity index (χ4v) is 2.69. The summed E-state index contributed by atoms with van der Waals surface area (Å²) >= 11 is 0. The van der Waals surface area contributed by atoms with Gasteiger partial charge in [-0.15, -0.1) is 0 Å². The molecule has 0 N–H and O–H groups in total. The van der Waals surface area contributed by atoms with Crippen molar-refractivity contribution in [3.63, 3.8) is 0 Å². The molecule has 0 bridgehead atoms. The van der Waals surface area contributed by atoms with Crippen molar-refractivity contribution in [1.29, 1.82) is 0 Å². The van der Waals surface area contributed by atoms with Crippen molar-refractivity contribution >= 4 is 11.8 Å². The second-order valence-electron chi connectivity index (χ2n) is 6.14. The molecule has 144 valence electrons. The molecule has 0 fully saturated rings. The molecule has 2 aromatic rings. The maximum Gasteiger partial charge on any atom is 0.342 e. The average Bonchev–Trinajstić information content (AvgIpc) is 2.67. The number of hydrogen-bond acceptors (Lipinski definition) is 6. The first-order valence-electron chi connectivity index (χ1n) is 8.44. The molecule has 0 unspecified atom stereocenters. The van der Waals surface area contributed by atoms with Gasteiger partial charge >= 0.3 is 5.97 Å². The zero-order valence-electron chi connectivity index (χ0n) is 16.4. The van der Waals surface area contributed by atoms with Crippen LogP contribution in [0.2, 0.25) is 0 Å². The molecule has 0 aromatic heterocycles. The van der Waals surface area contributed by atoms with Crippen LogP contribution >= 0.6 is 0 Å². The number of ketones is 1. The first-order chi connectivity index (χ1) is 12.8. The molecule has 2 rings (SSSR count). The van der Waals surface area contributed by atoms with E-state index in [1.54, 1.807) is 13.0 Å². The molecular formula is C21H24O6. The smallest absolute Gasteiger partial charge is 0.342 e. The van der Waals surface area contributed by atoms with Crippen LogP contribution < -0.4 is 14.2 Å². The Hall–Kier alpha value is -3.02. The fourth-order valence-electron chi connectivity index (χ4n) is 2.69. The minimum Gasteiger partial charge on any atom is -0.496 e. The fraction of sp³-hybridized carbons (Fsp3) is 0.333. The maximum absolute atomic E-state index is 12.7. The van der Waals surface area contributed by atoms with Crippen LogP contribution in [0.15, 0.2) is 30.3 Å². The summed E-state index contributed by atoms with van der Waals surface area (Å²) in [6.07, 6.45) is -0.948. The van der Waals surface area contributed by atoms with Crippen LogP contribution in [0.4, 0.5) is 0 Å². The quantitative estimate of drug-likeness (QED) is 0.544. The predicted octanol–water partition coefficient (Wildman–Crippen LogP) is 3.76. The highest BCUT2D eigenvalue weighted by Crippen LogP contribution is 2.35.